The Labute approximate surface area is 159 Å². The summed E-state index contributed by atoms with van der Waals surface area (Å²) in [6.07, 6.45) is -13.4. The first-order chi connectivity index (χ1) is 13.1. The van der Waals surface area contributed by atoms with Crippen LogP contribution >= 0.6 is 0 Å². The maximum atomic E-state index is 15.1. The van der Waals surface area contributed by atoms with E-state index in [2.05, 4.69) is 6.07 Å². The highest BCUT2D eigenvalue weighted by atomic mass is 19.4. The maximum absolute atomic E-state index is 15.1. The van der Waals surface area contributed by atoms with E-state index in [-0.39, 0.29) is 28.3 Å². The second-order valence-electron chi connectivity index (χ2n) is 6.29. The van der Waals surface area contributed by atoms with E-state index in [0.29, 0.717) is 0 Å². The van der Waals surface area contributed by atoms with Gasteiger partial charge in [-0.05, 0) is 54.3 Å². The van der Waals surface area contributed by atoms with Crippen LogP contribution in [0.3, 0.4) is 0 Å². The molecule has 0 aromatic heterocycles. The molecule has 0 saturated heterocycles. The zero-order valence-corrected chi connectivity index (χ0v) is 14.7. The van der Waals surface area contributed by atoms with Gasteiger partial charge in [0.2, 0.25) is 0 Å². The summed E-state index contributed by atoms with van der Waals surface area (Å²) in [6.45, 7) is 2.17. The van der Waals surface area contributed by atoms with E-state index in [0.717, 1.165) is 26.0 Å². The molecule has 2 aromatic rings. The molecule has 2 aromatic carbocycles. The Morgan fingerprint density at radius 1 is 0.862 bits per heavy atom. The lowest BCUT2D eigenvalue weighted by molar-refractivity contribution is -0.389. The highest BCUT2D eigenvalue weighted by molar-refractivity contribution is 5.74. The summed E-state index contributed by atoms with van der Waals surface area (Å²) in [4.78, 5) is 0. The van der Waals surface area contributed by atoms with E-state index in [1.165, 1.54) is 12.1 Å². The van der Waals surface area contributed by atoms with Gasteiger partial charge in [-0.15, -0.1) is 0 Å². The Hall–Kier alpha value is -2.70. The number of halogens is 9. The second-order valence-corrected chi connectivity index (χ2v) is 6.29. The summed E-state index contributed by atoms with van der Waals surface area (Å²) in [5.74, 6) is -6.79. The van der Waals surface area contributed by atoms with Crippen molar-refractivity contribution >= 4 is 0 Å². The van der Waals surface area contributed by atoms with Gasteiger partial charge in [-0.3, -0.25) is 0 Å². The van der Waals surface area contributed by atoms with Crippen LogP contribution in [-0.2, 0) is 5.67 Å². The summed E-state index contributed by atoms with van der Waals surface area (Å²) in [5.41, 5.74) is -9.86. The van der Waals surface area contributed by atoms with Crippen LogP contribution in [0.15, 0.2) is 30.3 Å². The summed E-state index contributed by atoms with van der Waals surface area (Å²) in [6, 6.07) is 8.83. The number of aryl methyl sites for hydroxylation is 2. The molecule has 155 valence electrons. The molecule has 1 atom stereocenters. The zero-order valence-electron chi connectivity index (χ0n) is 14.7. The minimum atomic E-state index is -6.83. The number of rotatable bonds is 3. The lowest BCUT2D eigenvalue weighted by Crippen LogP contribution is -2.60. The van der Waals surface area contributed by atoms with Crippen LogP contribution in [0.25, 0.3) is 11.1 Å². The van der Waals surface area contributed by atoms with Crippen molar-refractivity contribution < 1.29 is 39.5 Å². The monoisotopic (exact) mass is 424 g/mol. The van der Waals surface area contributed by atoms with Crippen LogP contribution in [0, 0.1) is 31.2 Å². The normalized spacial score (nSPS) is 15.0. The number of nitriles is 1. The van der Waals surface area contributed by atoms with E-state index >= 15 is 4.39 Å². The molecule has 0 aliphatic heterocycles. The van der Waals surface area contributed by atoms with Crippen LogP contribution in [0.1, 0.15) is 22.3 Å². The summed E-state index contributed by atoms with van der Waals surface area (Å²) in [5, 5.41) is 8.94. The van der Waals surface area contributed by atoms with Gasteiger partial charge in [0.25, 0.3) is 0 Å². The van der Waals surface area contributed by atoms with Gasteiger partial charge >= 0.3 is 23.9 Å². The SMILES string of the molecule is Cc1[c]c(C)c(-c2cccc(C#N)c2)c(C(F)(C(F)(F)F)C(F)(F)C(F)(F)F)c1. The maximum Gasteiger partial charge on any atom is 0.457 e. The van der Waals surface area contributed by atoms with Crippen LogP contribution in [0.4, 0.5) is 39.5 Å². The second kappa shape index (κ2) is 6.97. The number of benzene rings is 2. The number of hydrogen-bond acceptors (Lipinski definition) is 1. The third-order valence-electron chi connectivity index (χ3n) is 4.22. The van der Waals surface area contributed by atoms with E-state index in [1.807, 2.05) is 0 Å². The van der Waals surface area contributed by atoms with Crippen molar-refractivity contribution in [1.82, 2.24) is 0 Å². The Morgan fingerprint density at radius 2 is 1.45 bits per heavy atom. The molecule has 1 radical (unpaired) electrons. The largest absolute Gasteiger partial charge is 0.457 e. The van der Waals surface area contributed by atoms with Crippen LogP contribution < -0.4 is 0 Å². The average molecular weight is 424 g/mol. The van der Waals surface area contributed by atoms with Crippen molar-refractivity contribution in [1.29, 1.82) is 5.26 Å². The van der Waals surface area contributed by atoms with E-state index in [4.69, 9.17) is 5.26 Å². The van der Waals surface area contributed by atoms with E-state index < -0.39 is 35.1 Å². The molecule has 0 aliphatic carbocycles. The first-order valence-electron chi connectivity index (χ1n) is 7.82. The fraction of sp³-hybridized carbons (Fsp3) is 0.316. The van der Waals surface area contributed by atoms with Gasteiger partial charge in [-0.1, -0.05) is 18.2 Å². The molecule has 29 heavy (non-hydrogen) atoms. The minimum Gasteiger partial charge on any atom is -0.221 e. The zero-order chi connectivity index (χ0) is 22.4. The van der Waals surface area contributed by atoms with Crippen LogP contribution in [-0.4, -0.2) is 18.3 Å². The Bertz CT molecular complexity index is 967. The average Bonchev–Trinajstić information content (AvgIpc) is 2.58. The quantitative estimate of drug-likeness (QED) is 0.512. The Morgan fingerprint density at radius 3 is 1.93 bits per heavy atom. The lowest BCUT2D eigenvalue weighted by atomic mass is 9.80. The van der Waals surface area contributed by atoms with Crippen molar-refractivity contribution in [3.8, 4) is 17.2 Å². The Kier molecular flexibility index (Phi) is 5.43. The minimum absolute atomic E-state index is 0.118. The van der Waals surface area contributed by atoms with Crippen molar-refractivity contribution in [2.24, 2.45) is 0 Å². The van der Waals surface area contributed by atoms with Gasteiger partial charge in [-0.25, -0.2) is 4.39 Å². The molecule has 0 fully saturated rings. The van der Waals surface area contributed by atoms with Gasteiger partial charge in [0.15, 0.2) is 0 Å². The smallest absolute Gasteiger partial charge is 0.221 e. The molecule has 0 saturated carbocycles. The Balaban J connectivity index is 3.02. The predicted octanol–water partition coefficient (Wildman–Crippen LogP) is 6.57. The van der Waals surface area contributed by atoms with Crippen molar-refractivity contribution in [3.05, 3.63) is 58.7 Å². The lowest BCUT2D eigenvalue weighted by Gasteiger charge is -2.37. The molecule has 10 heteroatoms. The summed E-state index contributed by atoms with van der Waals surface area (Å²) >= 11 is 0. The topological polar surface area (TPSA) is 23.8 Å². The third-order valence-corrected chi connectivity index (χ3v) is 4.22. The third kappa shape index (κ3) is 3.54. The molecule has 1 nitrogen and oxygen atoms in total. The number of alkyl halides is 9. The fourth-order valence-electron chi connectivity index (χ4n) is 2.97. The molecule has 0 bridgehead atoms. The molecule has 0 aliphatic rings. The van der Waals surface area contributed by atoms with Gasteiger partial charge in [0, 0.05) is 5.56 Å². The van der Waals surface area contributed by atoms with E-state index in [1.54, 1.807) is 6.07 Å². The standard InChI is InChI=1S/C19H11F9N/c1-10-6-11(2)15(13-5-3-4-12(8-13)9-29)14(7-10)16(20,18(23,24)25)17(21,22)19(26,27)28/h3-5,7-8H,1-2H3. The number of hydrogen-bond donors (Lipinski definition) is 0. The fourth-order valence-corrected chi connectivity index (χ4v) is 2.97. The molecule has 0 spiro atoms. The molecular formula is C19H11F9N. The summed E-state index contributed by atoms with van der Waals surface area (Å²) < 4.78 is 122. The van der Waals surface area contributed by atoms with Gasteiger partial charge < -0.3 is 0 Å². The molecular weight excluding hydrogens is 413 g/mol. The van der Waals surface area contributed by atoms with Gasteiger partial charge in [-0.2, -0.15) is 40.4 Å². The van der Waals surface area contributed by atoms with Crippen LogP contribution in [0.5, 0.6) is 0 Å². The number of nitrogens with zero attached hydrogens (tertiary/aromatic N) is 1. The van der Waals surface area contributed by atoms with Crippen molar-refractivity contribution in [3.63, 3.8) is 0 Å². The van der Waals surface area contributed by atoms with Gasteiger partial charge in [0.1, 0.15) is 0 Å². The first kappa shape index (κ1) is 22.6. The molecule has 0 N–H and O–H groups in total. The summed E-state index contributed by atoms with van der Waals surface area (Å²) in [7, 11) is 0. The molecule has 1 unspecified atom stereocenters. The first-order valence-corrected chi connectivity index (χ1v) is 7.82. The van der Waals surface area contributed by atoms with Crippen molar-refractivity contribution in [2.75, 3.05) is 0 Å². The highest BCUT2D eigenvalue weighted by Crippen LogP contribution is 2.60. The molecule has 0 heterocycles. The molecule has 2 rings (SSSR count). The van der Waals surface area contributed by atoms with Crippen molar-refractivity contribution in [2.45, 2.75) is 37.8 Å². The van der Waals surface area contributed by atoms with Crippen LogP contribution in [0.2, 0.25) is 0 Å². The predicted molar refractivity (Wildman–Crippen MR) is 84.7 cm³/mol. The van der Waals surface area contributed by atoms with Gasteiger partial charge in [0.05, 0.1) is 11.6 Å². The van der Waals surface area contributed by atoms with E-state index in [9.17, 15) is 35.1 Å². The molecule has 0 amide bonds. The highest BCUT2D eigenvalue weighted by Gasteiger charge is 2.82.